The molecule has 6 heteroatoms. The molecule has 0 aromatic carbocycles. The SMILES string of the molecule is CCNC(C)CC(=O)NC(COC)C(=O)O. The third kappa shape index (κ3) is 6.36. The van der Waals surface area contributed by atoms with E-state index >= 15 is 0 Å². The molecule has 1 amide bonds. The van der Waals surface area contributed by atoms with Crippen LogP contribution in [0.4, 0.5) is 0 Å². The second-order valence-electron chi connectivity index (χ2n) is 3.58. The Kier molecular flexibility index (Phi) is 7.49. The largest absolute Gasteiger partial charge is 0.480 e. The topological polar surface area (TPSA) is 87.7 Å². The molecule has 2 unspecified atom stereocenters. The Morgan fingerprint density at radius 2 is 2.06 bits per heavy atom. The highest BCUT2D eigenvalue weighted by Gasteiger charge is 2.20. The van der Waals surface area contributed by atoms with Crippen LogP contribution in [0.3, 0.4) is 0 Å². The fourth-order valence-corrected chi connectivity index (χ4v) is 1.29. The van der Waals surface area contributed by atoms with Gasteiger partial charge >= 0.3 is 5.97 Å². The van der Waals surface area contributed by atoms with Gasteiger partial charge in [-0.1, -0.05) is 6.92 Å². The maximum atomic E-state index is 11.4. The van der Waals surface area contributed by atoms with Gasteiger partial charge in [-0.15, -0.1) is 0 Å². The van der Waals surface area contributed by atoms with Crippen LogP contribution in [0.15, 0.2) is 0 Å². The van der Waals surface area contributed by atoms with Crippen molar-refractivity contribution in [3.8, 4) is 0 Å². The third-order valence-electron chi connectivity index (χ3n) is 2.01. The molecule has 0 aliphatic carbocycles. The van der Waals surface area contributed by atoms with Crippen molar-refractivity contribution >= 4 is 11.9 Å². The van der Waals surface area contributed by atoms with Crippen LogP contribution in [0.5, 0.6) is 0 Å². The number of aliphatic carboxylic acids is 1. The molecule has 0 bridgehead atoms. The molecule has 0 heterocycles. The second-order valence-corrected chi connectivity index (χ2v) is 3.58. The standard InChI is InChI=1S/C10H20N2O4/c1-4-11-7(2)5-9(13)12-8(6-16-3)10(14)15/h7-8,11H,4-6H2,1-3H3,(H,12,13)(H,14,15). The minimum atomic E-state index is -1.09. The molecule has 0 radical (unpaired) electrons. The van der Waals surface area contributed by atoms with Gasteiger partial charge in [0.05, 0.1) is 6.61 Å². The molecule has 0 saturated heterocycles. The van der Waals surface area contributed by atoms with Gasteiger partial charge in [0.15, 0.2) is 6.04 Å². The fourth-order valence-electron chi connectivity index (χ4n) is 1.29. The Hall–Kier alpha value is -1.14. The quantitative estimate of drug-likeness (QED) is 0.529. The lowest BCUT2D eigenvalue weighted by atomic mass is 10.2. The van der Waals surface area contributed by atoms with Crippen molar-refractivity contribution in [2.24, 2.45) is 0 Å². The van der Waals surface area contributed by atoms with Gasteiger partial charge in [0.1, 0.15) is 0 Å². The van der Waals surface area contributed by atoms with E-state index in [9.17, 15) is 9.59 Å². The van der Waals surface area contributed by atoms with Crippen molar-refractivity contribution in [3.63, 3.8) is 0 Å². The maximum Gasteiger partial charge on any atom is 0.328 e. The van der Waals surface area contributed by atoms with Crippen LogP contribution in [0.25, 0.3) is 0 Å². The Bertz CT molecular complexity index is 233. The van der Waals surface area contributed by atoms with E-state index in [-0.39, 0.29) is 25.0 Å². The summed E-state index contributed by atoms with van der Waals surface area (Å²) >= 11 is 0. The molecule has 6 nitrogen and oxygen atoms in total. The number of rotatable bonds is 8. The van der Waals surface area contributed by atoms with E-state index in [4.69, 9.17) is 9.84 Å². The molecule has 0 aliphatic heterocycles. The van der Waals surface area contributed by atoms with Crippen LogP contribution in [-0.4, -0.2) is 49.3 Å². The summed E-state index contributed by atoms with van der Waals surface area (Å²) in [6, 6.07) is -0.951. The Labute approximate surface area is 95.4 Å². The van der Waals surface area contributed by atoms with Gasteiger partial charge in [-0.2, -0.15) is 0 Å². The number of carbonyl (C=O) groups excluding carboxylic acids is 1. The number of methoxy groups -OCH3 is 1. The van der Waals surface area contributed by atoms with Gasteiger partial charge in [-0.05, 0) is 13.5 Å². The average Bonchev–Trinajstić information content (AvgIpc) is 2.16. The number of hydrogen-bond donors (Lipinski definition) is 3. The zero-order chi connectivity index (χ0) is 12.6. The predicted octanol–water partition coefficient (Wildman–Crippen LogP) is -0.410. The van der Waals surface area contributed by atoms with Crippen LogP contribution in [0.1, 0.15) is 20.3 Å². The molecule has 0 spiro atoms. The molecule has 3 N–H and O–H groups in total. The predicted molar refractivity (Wildman–Crippen MR) is 59.2 cm³/mol. The van der Waals surface area contributed by atoms with Crippen molar-refractivity contribution in [1.29, 1.82) is 0 Å². The van der Waals surface area contributed by atoms with Gasteiger partial charge in [-0.3, -0.25) is 4.79 Å². The van der Waals surface area contributed by atoms with Crippen LogP contribution < -0.4 is 10.6 Å². The molecule has 0 aliphatic rings. The van der Waals surface area contributed by atoms with Crippen molar-refractivity contribution in [2.75, 3.05) is 20.3 Å². The van der Waals surface area contributed by atoms with Crippen molar-refractivity contribution in [3.05, 3.63) is 0 Å². The molecule has 94 valence electrons. The normalized spacial score (nSPS) is 14.2. The molecule has 0 saturated carbocycles. The number of carbonyl (C=O) groups is 2. The van der Waals surface area contributed by atoms with Gasteiger partial charge in [0.2, 0.25) is 5.91 Å². The monoisotopic (exact) mass is 232 g/mol. The van der Waals surface area contributed by atoms with E-state index in [0.717, 1.165) is 6.54 Å². The summed E-state index contributed by atoms with van der Waals surface area (Å²) in [4.78, 5) is 22.2. The van der Waals surface area contributed by atoms with E-state index in [2.05, 4.69) is 10.6 Å². The lowest BCUT2D eigenvalue weighted by Crippen LogP contribution is -2.45. The molecule has 0 fully saturated rings. The third-order valence-corrected chi connectivity index (χ3v) is 2.01. The highest BCUT2D eigenvalue weighted by Crippen LogP contribution is 1.93. The van der Waals surface area contributed by atoms with Crippen molar-refractivity contribution < 1.29 is 19.4 Å². The van der Waals surface area contributed by atoms with E-state index < -0.39 is 12.0 Å². The number of ether oxygens (including phenoxy) is 1. The first kappa shape index (κ1) is 14.9. The molecule has 16 heavy (non-hydrogen) atoms. The summed E-state index contributed by atoms with van der Waals surface area (Å²) < 4.78 is 4.71. The number of amides is 1. The molecule has 0 rings (SSSR count). The molecule has 0 aromatic heterocycles. The fraction of sp³-hybridized carbons (Fsp3) is 0.800. The number of carboxylic acids is 1. The van der Waals surface area contributed by atoms with E-state index in [0.29, 0.717) is 0 Å². The highest BCUT2D eigenvalue weighted by atomic mass is 16.5. The lowest BCUT2D eigenvalue weighted by Gasteiger charge is -2.16. The first-order chi connectivity index (χ1) is 7.51. The summed E-state index contributed by atoms with van der Waals surface area (Å²) in [5.41, 5.74) is 0. The van der Waals surface area contributed by atoms with E-state index in [1.54, 1.807) is 0 Å². The Balaban J connectivity index is 4.04. The summed E-state index contributed by atoms with van der Waals surface area (Å²) in [5.74, 6) is -1.38. The number of hydrogen-bond acceptors (Lipinski definition) is 4. The maximum absolute atomic E-state index is 11.4. The summed E-state index contributed by atoms with van der Waals surface area (Å²) in [6.45, 7) is 4.56. The second kappa shape index (κ2) is 8.06. The Morgan fingerprint density at radius 1 is 1.44 bits per heavy atom. The van der Waals surface area contributed by atoms with Gasteiger partial charge in [0.25, 0.3) is 0 Å². The lowest BCUT2D eigenvalue weighted by molar-refractivity contribution is -0.143. The average molecular weight is 232 g/mol. The minimum Gasteiger partial charge on any atom is -0.480 e. The summed E-state index contributed by atoms with van der Waals surface area (Å²) in [6.07, 6.45) is 0.251. The first-order valence-corrected chi connectivity index (χ1v) is 5.25. The van der Waals surface area contributed by atoms with Crippen LogP contribution in [0.2, 0.25) is 0 Å². The number of nitrogens with one attached hydrogen (secondary N) is 2. The first-order valence-electron chi connectivity index (χ1n) is 5.25. The molecular formula is C10H20N2O4. The molecule has 2 atom stereocenters. The van der Waals surface area contributed by atoms with Gasteiger partial charge in [0, 0.05) is 19.6 Å². The minimum absolute atomic E-state index is 0.0296. The van der Waals surface area contributed by atoms with Crippen molar-refractivity contribution in [2.45, 2.75) is 32.4 Å². The molecular weight excluding hydrogens is 212 g/mol. The summed E-state index contributed by atoms with van der Waals surface area (Å²) in [5, 5.41) is 14.3. The molecule has 0 aromatic rings. The zero-order valence-electron chi connectivity index (χ0n) is 9.95. The van der Waals surface area contributed by atoms with Gasteiger partial charge in [-0.25, -0.2) is 4.79 Å². The Morgan fingerprint density at radius 3 is 2.50 bits per heavy atom. The smallest absolute Gasteiger partial charge is 0.328 e. The zero-order valence-corrected chi connectivity index (χ0v) is 9.95. The van der Waals surface area contributed by atoms with Crippen molar-refractivity contribution in [1.82, 2.24) is 10.6 Å². The van der Waals surface area contributed by atoms with Gasteiger partial charge < -0.3 is 20.5 Å². The highest BCUT2D eigenvalue weighted by molar-refractivity contribution is 5.83. The van der Waals surface area contributed by atoms with E-state index in [1.165, 1.54) is 7.11 Å². The van der Waals surface area contributed by atoms with Crippen LogP contribution in [-0.2, 0) is 14.3 Å². The van der Waals surface area contributed by atoms with Crippen LogP contribution >= 0.6 is 0 Å². The van der Waals surface area contributed by atoms with E-state index in [1.807, 2.05) is 13.8 Å². The van der Waals surface area contributed by atoms with Crippen LogP contribution in [0, 0.1) is 0 Å². The number of carboxylic acid groups (broad SMARTS) is 1. The summed E-state index contributed by atoms with van der Waals surface area (Å²) in [7, 11) is 1.39.